The zero-order valence-corrected chi connectivity index (χ0v) is 22.6. The van der Waals surface area contributed by atoms with Crippen LogP contribution >= 0.6 is 11.3 Å². The van der Waals surface area contributed by atoms with Crippen LogP contribution in [0.25, 0.3) is 11.0 Å². The molecule has 3 heterocycles. The van der Waals surface area contributed by atoms with Crippen LogP contribution < -0.4 is 15.1 Å². The van der Waals surface area contributed by atoms with Gasteiger partial charge in [-0.1, -0.05) is 48.8 Å². The Labute approximate surface area is 228 Å². The maximum absolute atomic E-state index is 14.0. The Hall–Kier alpha value is -4.50. The van der Waals surface area contributed by atoms with Crippen LogP contribution in [-0.2, 0) is 4.74 Å². The minimum Gasteiger partial charge on any atom is -0.490 e. The summed E-state index contributed by atoms with van der Waals surface area (Å²) >= 11 is 1.02. The van der Waals surface area contributed by atoms with Gasteiger partial charge >= 0.3 is 5.97 Å². The number of hydrogen-bond donors (Lipinski definition) is 0. The molecule has 0 aliphatic carbocycles. The fraction of sp³-hybridized carbons (Fsp3) is 0.200. The fourth-order valence-electron chi connectivity index (χ4n) is 4.55. The fourth-order valence-corrected chi connectivity index (χ4v) is 5.53. The van der Waals surface area contributed by atoms with Gasteiger partial charge in [-0.15, -0.1) is 0 Å². The van der Waals surface area contributed by atoms with Crippen molar-refractivity contribution in [2.45, 2.75) is 26.8 Å². The van der Waals surface area contributed by atoms with E-state index in [4.69, 9.17) is 13.9 Å². The molecule has 0 fully saturated rings. The molecule has 1 atom stereocenters. The number of thiazole rings is 1. The van der Waals surface area contributed by atoms with Gasteiger partial charge in [-0.05, 0) is 61.7 Å². The Balaban J connectivity index is 1.72. The Morgan fingerprint density at radius 1 is 1.10 bits per heavy atom. The SMILES string of the molecule is C=CCOC(=O)c1sc(N2C(=O)c3oc4cc(C)c(C)cc4c(=O)c3C2c2cccc(OCC=C)c2)nc1C. The number of ether oxygens (including phenoxy) is 2. The van der Waals surface area contributed by atoms with Gasteiger partial charge in [-0.25, -0.2) is 9.78 Å². The monoisotopic (exact) mass is 542 g/mol. The summed E-state index contributed by atoms with van der Waals surface area (Å²) in [7, 11) is 0. The molecule has 0 spiro atoms. The molecule has 2 aromatic heterocycles. The van der Waals surface area contributed by atoms with E-state index in [1.807, 2.05) is 19.9 Å². The quantitative estimate of drug-likeness (QED) is 0.204. The summed E-state index contributed by atoms with van der Waals surface area (Å²) in [6.45, 7) is 13.1. The maximum Gasteiger partial charge on any atom is 0.350 e. The molecular formula is C30H26N2O6S. The second-order valence-corrected chi connectivity index (χ2v) is 10.1. The Morgan fingerprint density at radius 3 is 2.59 bits per heavy atom. The minimum atomic E-state index is -0.857. The lowest BCUT2D eigenvalue weighted by Gasteiger charge is -2.23. The van der Waals surface area contributed by atoms with Gasteiger partial charge in [0.15, 0.2) is 10.6 Å². The molecule has 0 radical (unpaired) electrons. The van der Waals surface area contributed by atoms with Crippen LogP contribution in [0.3, 0.4) is 0 Å². The number of hydrogen-bond acceptors (Lipinski definition) is 8. The number of anilines is 1. The van der Waals surface area contributed by atoms with E-state index >= 15 is 0 Å². The van der Waals surface area contributed by atoms with Gasteiger partial charge in [-0.2, -0.15) is 0 Å². The minimum absolute atomic E-state index is 0.0452. The molecule has 1 unspecified atom stereocenters. The Bertz CT molecular complexity index is 1720. The average molecular weight is 543 g/mol. The molecule has 4 aromatic rings. The first-order valence-electron chi connectivity index (χ1n) is 12.3. The van der Waals surface area contributed by atoms with E-state index in [9.17, 15) is 14.4 Å². The summed E-state index contributed by atoms with van der Waals surface area (Å²) in [4.78, 5) is 46.7. The molecule has 5 rings (SSSR count). The van der Waals surface area contributed by atoms with Crippen molar-refractivity contribution in [3.05, 3.63) is 111 Å². The van der Waals surface area contributed by atoms with Crippen LogP contribution in [0, 0.1) is 20.8 Å². The first-order chi connectivity index (χ1) is 18.7. The summed E-state index contributed by atoms with van der Waals surface area (Å²) in [6, 6.07) is 9.84. The van der Waals surface area contributed by atoms with E-state index in [2.05, 4.69) is 18.1 Å². The number of fused-ring (bicyclic) bond motifs is 2. The highest BCUT2D eigenvalue weighted by atomic mass is 32.1. The van der Waals surface area contributed by atoms with E-state index in [0.29, 0.717) is 34.6 Å². The lowest BCUT2D eigenvalue weighted by Crippen LogP contribution is -2.29. The highest BCUT2D eigenvalue weighted by Crippen LogP contribution is 2.44. The van der Waals surface area contributed by atoms with Gasteiger partial charge in [0, 0.05) is 0 Å². The molecule has 0 bridgehead atoms. The summed E-state index contributed by atoms with van der Waals surface area (Å²) in [5, 5.41) is 0.632. The summed E-state index contributed by atoms with van der Waals surface area (Å²) in [6.07, 6.45) is 3.10. The smallest absolute Gasteiger partial charge is 0.350 e. The summed E-state index contributed by atoms with van der Waals surface area (Å²) in [5.74, 6) is -0.595. The Kier molecular flexibility index (Phi) is 6.93. The average Bonchev–Trinajstić information content (AvgIpc) is 3.44. The first-order valence-corrected chi connectivity index (χ1v) is 13.1. The third-order valence-electron chi connectivity index (χ3n) is 6.54. The topological polar surface area (TPSA) is 98.9 Å². The molecule has 0 saturated carbocycles. The van der Waals surface area contributed by atoms with Gasteiger partial charge in [0.1, 0.15) is 29.4 Å². The lowest BCUT2D eigenvalue weighted by molar-refractivity contribution is 0.0554. The van der Waals surface area contributed by atoms with Gasteiger partial charge in [0.2, 0.25) is 5.76 Å². The van der Waals surface area contributed by atoms with Gasteiger partial charge in [0.25, 0.3) is 5.91 Å². The highest BCUT2D eigenvalue weighted by molar-refractivity contribution is 7.17. The molecule has 1 aliphatic rings. The van der Waals surface area contributed by atoms with Crippen molar-refractivity contribution in [2.75, 3.05) is 18.1 Å². The third kappa shape index (κ3) is 4.55. The predicted molar refractivity (Wildman–Crippen MR) is 150 cm³/mol. The number of rotatable bonds is 8. The van der Waals surface area contributed by atoms with E-state index in [-0.39, 0.29) is 33.4 Å². The van der Waals surface area contributed by atoms with Crippen molar-refractivity contribution >= 4 is 39.3 Å². The zero-order chi connectivity index (χ0) is 27.8. The molecule has 9 heteroatoms. The number of esters is 1. The molecule has 0 N–H and O–H groups in total. The van der Waals surface area contributed by atoms with Crippen LogP contribution in [-0.4, -0.2) is 30.1 Å². The first kappa shape index (κ1) is 26.1. The van der Waals surface area contributed by atoms with E-state index in [1.54, 1.807) is 43.3 Å². The number of carbonyl (C=O) groups is 2. The van der Waals surface area contributed by atoms with E-state index < -0.39 is 17.9 Å². The van der Waals surface area contributed by atoms with Crippen LogP contribution in [0.15, 0.2) is 70.9 Å². The highest BCUT2D eigenvalue weighted by Gasteiger charge is 2.45. The normalized spacial score (nSPS) is 14.4. The van der Waals surface area contributed by atoms with Gasteiger partial charge in [0.05, 0.1) is 22.7 Å². The van der Waals surface area contributed by atoms with Gasteiger partial charge < -0.3 is 13.9 Å². The molecule has 8 nitrogen and oxygen atoms in total. The van der Waals surface area contributed by atoms with E-state index in [0.717, 1.165) is 22.5 Å². The third-order valence-corrected chi connectivity index (χ3v) is 7.67. The van der Waals surface area contributed by atoms with E-state index in [1.165, 1.54) is 11.0 Å². The number of aryl methyl sites for hydroxylation is 3. The molecule has 1 aliphatic heterocycles. The van der Waals surface area contributed by atoms with Crippen molar-refractivity contribution in [1.82, 2.24) is 4.98 Å². The van der Waals surface area contributed by atoms with Crippen LogP contribution in [0.5, 0.6) is 5.75 Å². The number of aromatic nitrogens is 1. The number of carbonyl (C=O) groups excluding carboxylic acids is 2. The lowest BCUT2D eigenvalue weighted by atomic mass is 9.97. The van der Waals surface area contributed by atoms with Crippen LogP contribution in [0.4, 0.5) is 5.13 Å². The standard InChI is InChI=1S/C30H26N2O6S/c1-6-11-36-20-10-8-9-19(15-20)24-23-25(33)21-13-16(3)17(4)14-22(21)38-26(23)28(34)32(24)30-31-18(5)27(39-30)29(35)37-12-7-2/h6-10,13-15,24H,1-2,11-12H2,3-5H3. The molecule has 39 heavy (non-hydrogen) atoms. The second-order valence-electron chi connectivity index (χ2n) is 9.15. The van der Waals surface area contributed by atoms with Crippen LogP contribution in [0.1, 0.15) is 54.2 Å². The van der Waals surface area contributed by atoms with Crippen molar-refractivity contribution in [2.24, 2.45) is 0 Å². The Morgan fingerprint density at radius 2 is 1.85 bits per heavy atom. The maximum atomic E-state index is 14.0. The molecule has 198 valence electrons. The van der Waals surface area contributed by atoms with Gasteiger partial charge in [-0.3, -0.25) is 14.5 Å². The second kappa shape index (κ2) is 10.3. The number of amides is 1. The largest absolute Gasteiger partial charge is 0.490 e. The van der Waals surface area contributed by atoms with Crippen molar-refractivity contribution in [3.63, 3.8) is 0 Å². The summed E-state index contributed by atoms with van der Waals surface area (Å²) in [5.41, 5.74) is 3.16. The number of benzene rings is 2. The molecule has 1 amide bonds. The number of nitrogens with zero attached hydrogens (tertiary/aromatic N) is 2. The zero-order valence-electron chi connectivity index (χ0n) is 21.8. The predicted octanol–water partition coefficient (Wildman–Crippen LogP) is 5.83. The van der Waals surface area contributed by atoms with Crippen molar-refractivity contribution in [1.29, 1.82) is 0 Å². The summed E-state index contributed by atoms with van der Waals surface area (Å²) < 4.78 is 17.0. The molecule has 2 aromatic carbocycles. The van der Waals surface area contributed by atoms with Crippen molar-refractivity contribution in [3.8, 4) is 5.75 Å². The molecular weight excluding hydrogens is 516 g/mol. The van der Waals surface area contributed by atoms with Crippen molar-refractivity contribution < 1.29 is 23.5 Å². The molecule has 0 saturated heterocycles. The van der Waals surface area contributed by atoms with Crippen LogP contribution in [0.2, 0.25) is 0 Å².